The molecule has 2 amide bonds. The zero-order valence-corrected chi connectivity index (χ0v) is 19.8. The summed E-state index contributed by atoms with van der Waals surface area (Å²) in [6.45, 7) is 0.254. The number of nitriles is 1. The topological polar surface area (TPSA) is 113 Å². The van der Waals surface area contributed by atoms with Crippen molar-refractivity contribution in [1.29, 1.82) is 5.26 Å². The molecule has 0 spiro atoms. The Labute approximate surface area is 205 Å². The third kappa shape index (κ3) is 7.18. The summed E-state index contributed by atoms with van der Waals surface area (Å²) in [5, 5.41) is 15.7. The van der Waals surface area contributed by atoms with Crippen molar-refractivity contribution in [1.82, 2.24) is 5.43 Å². The highest BCUT2D eigenvalue weighted by atomic mass is 79.9. The lowest BCUT2D eigenvalue weighted by atomic mass is 10.1. The Bertz CT molecular complexity index is 1240. The van der Waals surface area contributed by atoms with Gasteiger partial charge in [0.2, 0.25) is 11.8 Å². The van der Waals surface area contributed by atoms with Gasteiger partial charge in [-0.25, -0.2) is 5.43 Å². The fourth-order valence-corrected chi connectivity index (χ4v) is 3.38. The average Bonchev–Trinajstić information content (AvgIpc) is 2.84. The lowest BCUT2D eigenvalue weighted by molar-refractivity contribution is -0.126. The van der Waals surface area contributed by atoms with E-state index in [1.54, 1.807) is 61.7 Å². The molecule has 3 aromatic carbocycles. The van der Waals surface area contributed by atoms with Crippen LogP contribution in [0, 0.1) is 11.3 Å². The standard InChI is InChI=1S/C25H21BrN4O4/c1-33-21-9-7-20(8-10-21)29-24(31)13-25(32)30-28-15-17-6-11-23(22(26)12-17)34-16-19-5-3-2-4-18(19)14-27/h2-12,15H,13,16H2,1H3,(H,29,31)(H,30,32). The summed E-state index contributed by atoms with van der Waals surface area (Å²) in [4.78, 5) is 24.0. The van der Waals surface area contributed by atoms with E-state index in [0.29, 0.717) is 32.8 Å². The third-order valence-electron chi connectivity index (χ3n) is 4.57. The minimum atomic E-state index is -0.544. The van der Waals surface area contributed by atoms with E-state index in [-0.39, 0.29) is 13.0 Å². The van der Waals surface area contributed by atoms with E-state index < -0.39 is 11.8 Å². The lowest BCUT2D eigenvalue weighted by Gasteiger charge is -2.10. The summed E-state index contributed by atoms with van der Waals surface area (Å²) in [5.41, 5.74) is 4.96. The molecule has 0 unspecified atom stereocenters. The Morgan fingerprint density at radius 3 is 2.56 bits per heavy atom. The van der Waals surface area contributed by atoms with Gasteiger partial charge >= 0.3 is 0 Å². The van der Waals surface area contributed by atoms with Gasteiger partial charge in [-0.05, 0) is 70.0 Å². The van der Waals surface area contributed by atoms with Gasteiger partial charge in [0.25, 0.3) is 0 Å². The van der Waals surface area contributed by atoms with Gasteiger partial charge in [0, 0.05) is 11.3 Å². The van der Waals surface area contributed by atoms with Crippen molar-refractivity contribution in [2.45, 2.75) is 13.0 Å². The van der Waals surface area contributed by atoms with Crippen LogP contribution in [-0.4, -0.2) is 25.1 Å². The molecular formula is C25H21BrN4O4. The summed E-state index contributed by atoms with van der Waals surface area (Å²) >= 11 is 3.45. The molecule has 9 heteroatoms. The van der Waals surface area contributed by atoms with Gasteiger partial charge in [0.15, 0.2) is 0 Å². The number of benzene rings is 3. The van der Waals surface area contributed by atoms with Crippen LogP contribution in [0.1, 0.15) is 23.1 Å². The lowest BCUT2D eigenvalue weighted by Crippen LogP contribution is -2.24. The zero-order valence-electron chi connectivity index (χ0n) is 18.2. The van der Waals surface area contributed by atoms with Crippen molar-refractivity contribution in [3.63, 3.8) is 0 Å². The molecule has 34 heavy (non-hydrogen) atoms. The minimum Gasteiger partial charge on any atom is -0.497 e. The molecule has 172 valence electrons. The molecule has 0 saturated carbocycles. The molecule has 3 rings (SSSR count). The smallest absolute Gasteiger partial charge is 0.249 e. The molecular weight excluding hydrogens is 500 g/mol. The van der Waals surface area contributed by atoms with Crippen LogP contribution in [-0.2, 0) is 16.2 Å². The van der Waals surface area contributed by atoms with Gasteiger partial charge in [0.05, 0.1) is 29.4 Å². The first-order valence-electron chi connectivity index (χ1n) is 10.1. The molecule has 0 aromatic heterocycles. The zero-order chi connectivity index (χ0) is 24.3. The summed E-state index contributed by atoms with van der Waals surface area (Å²) in [5.74, 6) is 0.266. The number of nitrogens with one attached hydrogen (secondary N) is 2. The first-order chi connectivity index (χ1) is 16.5. The summed E-state index contributed by atoms with van der Waals surface area (Å²) in [6, 6.07) is 21.5. The molecule has 2 N–H and O–H groups in total. The number of amides is 2. The van der Waals surface area contributed by atoms with Gasteiger partial charge in [-0.3, -0.25) is 9.59 Å². The number of hydrazone groups is 1. The second-order valence-corrected chi connectivity index (χ2v) is 7.85. The molecule has 0 heterocycles. The molecule has 0 fully saturated rings. The largest absolute Gasteiger partial charge is 0.497 e. The second kappa shape index (κ2) is 12.2. The number of halogens is 1. The van der Waals surface area contributed by atoms with Crippen molar-refractivity contribution in [2.75, 3.05) is 12.4 Å². The van der Waals surface area contributed by atoms with E-state index in [2.05, 4.69) is 37.8 Å². The van der Waals surface area contributed by atoms with Crippen LogP contribution in [0.3, 0.4) is 0 Å². The molecule has 0 aliphatic heterocycles. The summed E-state index contributed by atoms with van der Waals surface area (Å²) in [6.07, 6.45) is 1.09. The summed E-state index contributed by atoms with van der Waals surface area (Å²) < 4.78 is 11.6. The second-order valence-electron chi connectivity index (χ2n) is 6.99. The molecule has 0 bridgehead atoms. The van der Waals surface area contributed by atoms with Crippen molar-refractivity contribution in [3.8, 4) is 17.6 Å². The van der Waals surface area contributed by atoms with Crippen LogP contribution < -0.4 is 20.2 Å². The number of rotatable bonds is 9. The van der Waals surface area contributed by atoms with Gasteiger partial charge in [-0.2, -0.15) is 10.4 Å². The van der Waals surface area contributed by atoms with E-state index >= 15 is 0 Å². The van der Waals surface area contributed by atoms with Gasteiger partial charge in [-0.15, -0.1) is 0 Å². The number of ether oxygens (including phenoxy) is 2. The number of nitrogens with zero attached hydrogens (tertiary/aromatic N) is 2. The van der Waals surface area contributed by atoms with Crippen LogP contribution in [0.4, 0.5) is 5.69 Å². The molecule has 3 aromatic rings. The third-order valence-corrected chi connectivity index (χ3v) is 5.19. The van der Waals surface area contributed by atoms with Gasteiger partial charge in [-0.1, -0.05) is 18.2 Å². The van der Waals surface area contributed by atoms with Crippen molar-refractivity contribution >= 4 is 39.6 Å². The van der Waals surface area contributed by atoms with Crippen LogP contribution in [0.2, 0.25) is 0 Å². The first kappa shape index (κ1) is 24.5. The number of hydrogen-bond donors (Lipinski definition) is 2. The fourth-order valence-electron chi connectivity index (χ4n) is 2.87. The molecule has 0 saturated heterocycles. The van der Waals surface area contributed by atoms with Crippen molar-refractivity contribution in [2.24, 2.45) is 5.10 Å². The van der Waals surface area contributed by atoms with Crippen LogP contribution >= 0.6 is 15.9 Å². The summed E-state index contributed by atoms with van der Waals surface area (Å²) in [7, 11) is 1.55. The van der Waals surface area contributed by atoms with Crippen LogP contribution in [0.25, 0.3) is 0 Å². The monoisotopic (exact) mass is 520 g/mol. The average molecular weight is 521 g/mol. The quantitative estimate of drug-likeness (QED) is 0.247. The fraction of sp³-hybridized carbons (Fsp3) is 0.120. The van der Waals surface area contributed by atoms with Crippen molar-refractivity contribution in [3.05, 3.63) is 87.9 Å². The van der Waals surface area contributed by atoms with Gasteiger partial charge < -0.3 is 14.8 Å². The molecule has 0 radical (unpaired) electrons. The van der Waals surface area contributed by atoms with E-state index in [1.807, 2.05) is 12.1 Å². The van der Waals surface area contributed by atoms with E-state index in [4.69, 9.17) is 9.47 Å². The first-order valence-corrected chi connectivity index (χ1v) is 10.9. The predicted octanol–water partition coefficient (Wildman–Crippen LogP) is 4.39. The van der Waals surface area contributed by atoms with E-state index in [1.165, 1.54) is 6.21 Å². The molecule has 8 nitrogen and oxygen atoms in total. The molecule has 0 aliphatic rings. The predicted molar refractivity (Wildman–Crippen MR) is 132 cm³/mol. The Morgan fingerprint density at radius 2 is 1.85 bits per heavy atom. The maximum atomic E-state index is 12.0. The molecule has 0 atom stereocenters. The highest BCUT2D eigenvalue weighted by molar-refractivity contribution is 9.10. The Morgan fingerprint density at radius 1 is 1.09 bits per heavy atom. The van der Waals surface area contributed by atoms with Gasteiger partial charge in [0.1, 0.15) is 24.5 Å². The van der Waals surface area contributed by atoms with Crippen LogP contribution in [0.5, 0.6) is 11.5 Å². The number of carbonyl (C=O) groups is 2. The van der Waals surface area contributed by atoms with E-state index in [0.717, 1.165) is 5.56 Å². The minimum absolute atomic E-state index is 0.254. The van der Waals surface area contributed by atoms with Crippen LogP contribution in [0.15, 0.2) is 76.3 Å². The maximum Gasteiger partial charge on any atom is 0.249 e. The number of hydrogen-bond acceptors (Lipinski definition) is 6. The number of anilines is 1. The maximum absolute atomic E-state index is 12.0. The van der Waals surface area contributed by atoms with E-state index in [9.17, 15) is 14.9 Å². The highest BCUT2D eigenvalue weighted by Gasteiger charge is 2.09. The molecule has 0 aliphatic carbocycles. The Hall–Kier alpha value is -4.16. The number of carbonyl (C=O) groups excluding carboxylic acids is 2. The SMILES string of the molecule is COc1ccc(NC(=O)CC(=O)NN=Cc2ccc(OCc3ccccc3C#N)c(Br)c2)cc1. The highest BCUT2D eigenvalue weighted by Crippen LogP contribution is 2.26. The Balaban J connectivity index is 1.48. The Kier molecular flexibility index (Phi) is 8.77. The van der Waals surface area contributed by atoms with Crippen molar-refractivity contribution < 1.29 is 19.1 Å². The normalized spacial score (nSPS) is 10.4. The number of methoxy groups -OCH3 is 1.